The van der Waals surface area contributed by atoms with Crippen LogP contribution >= 0.6 is 34.8 Å². The van der Waals surface area contributed by atoms with Crippen molar-refractivity contribution in [2.24, 2.45) is 0 Å². The van der Waals surface area contributed by atoms with Crippen LogP contribution in [0.3, 0.4) is 0 Å². The van der Waals surface area contributed by atoms with Gasteiger partial charge in [0.25, 0.3) is 0 Å². The van der Waals surface area contributed by atoms with Crippen molar-refractivity contribution in [2.75, 3.05) is 11.1 Å². The summed E-state index contributed by atoms with van der Waals surface area (Å²) in [6, 6.07) is 15.6. The van der Waals surface area contributed by atoms with Crippen molar-refractivity contribution in [3.8, 4) is 11.3 Å². The van der Waals surface area contributed by atoms with Gasteiger partial charge in [-0.2, -0.15) is 8.75 Å². The van der Waals surface area contributed by atoms with E-state index < -0.39 is 0 Å². The van der Waals surface area contributed by atoms with Gasteiger partial charge in [0.05, 0.1) is 28.9 Å². The number of benzene rings is 2. The predicted octanol–water partition coefficient (Wildman–Crippen LogP) is 4.55. The fourth-order valence-electron chi connectivity index (χ4n) is 2.29. The summed E-state index contributed by atoms with van der Waals surface area (Å²) < 4.78 is 9.28. The van der Waals surface area contributed by atoms with Crippen molar-refractivity contribution >= 4 is 57.5 Å². The Morgan fingerprint density at radius 2 is 1.96 bits per heavy atom. The summed E-state index contributed by atoms with van der Waals surface area (Å²) in [6.45, 7) is 0. The van der Waals surface area contributed by atoms with E-state index in [2.05, 4.69) is 19.0 Å². The Labute approximate surface area is 156 Å². The number of carbonyl (C=O) groups excluding carboxylic acids is 1. The van der Waals surface area contributed by atoms with E-state index in [9.17, 15) is 4.79 Å². The molecule has 4 aromatic rings. The molecule has 0 saturated heterocycles. The Morgan fingerprint density at radius 1 is 1.08 bits per heavy atom. The van der Waals surface area contributed by atoms with Gasteiger partial charge in [-0.1, -0.05) is 48.2 Å². The van der Waals surface area contributed by atoms with E-state index in [4.69, 9.17) is 0 Å². The number of fused-ring (bicyclic) bond motifs is 1. The summed E-state index contributed by atoms with van der Waals surface area (Å²) in [4.78, 5) is 16.8. The summed E-state index contributed by atoms with van der Waals surface area (Å²) in [5.74, 6) is 0.220. The van der Waals surface area contributed by atoms with E-state index in [1.165, 1.54) is 11.8 Å². The van der Waals surface area contributed by atoms with Crippen LogP contribution in [-0.4, -0.2) is 25.4 Å². The molecule has 2 heterocycles. The van der Waals surface area contributed by atoms with E-state index in [-0.39, 0.29) is 5.91 Å². The van der Waals surface area contributed by atoms with Crippen molar-refractivity contribution in [1.29, 1.82) is 0 Å². The second kappa shape index (κ2) is 7.30. The second-order valence-electron chi connectivity index (χ2n) is 5.14. The van der Waals surface area contributed by atoms with Crippen molar-refractivity contribution in [1.82, 2.24) is 13.7 Å². The third-order valence-electron chi connectivity index (χ3n) is 3.44. The molecule has 124 valence electrons. The van der Waals surface area contributed by atoms with Gasteiger partial charge in [-0.3, -0.25) is 4.79 Å². The van der Waals surface area contributed by atoms with Crippen LogP contribution in [0.2, 0.25) is 0 Å². The molecule has 5 nitrogen and oxygen atoms in total. The van der Waals surface area contributed by atoms with Crippen LogP contribution in [0, 0.1) is 0 Å². The standard InChI is InChI=1S/C17H12N4OS3/c22-15(18-12-7-4-8-13-16(12)21-25-20-13)10-24-17-19-14(9-23-17)11-5-2-1-3-6-11/h1-9H,10H2,(H,18,22). The molecule has 25 heavy (non-hydrogen) atoms. The summed E-state index contributed by atoms with van der Waals surface area (Å²) >= 11 is 4.12. The highest BCUT2D eigenvalue weighted by molar-refractivity contribution is 8.01. The minimum atomic E-state index is -0.0815. The molecule has 0 unspecified atom stereocenters. The zero-order valence-corrected chi connectivity index (χ0v) is 15.3. The van der Waals surface area contributed by atoms with Crippen LogP contribution < -0.4 is 5.32 Å². The molecular weight excluding hydrogens is 372 g/mol. The number of rotatable bonds is 5. The molecule has 2 aromatic carbocycles. The molecule has 1 amide bonds. The summed E-state index contributed by atoms with van der Waals surface area (Å²) in [7, 11) is 0. The number of thioether (sulfide) groups is 1. The van der Waals surface area contributed by atoms with Gasteiger partial charge >= 0.3 is 0 Å². The molecule has 0 bridgehead atoms. The third-order valence-corrected chi connectivity index (χ3v) is 6.00. The molecule has 0 aliphatic rings. The maximum atomic E-state index is 12.2. The van der Waals surface area contributed by atoms with Gasteiger partial charge in [0, 0.05) is 10.9 Å². The molecule has 1 N–H and O–H groups in total. The maximum Gasteiger partial charge on any atom is 0.234 e. The van der Waals surface area contributed by atoms with E-state index in [0.717, 1.165) is 38.4 Å². The summed E-state index contributed by atoms with van der Waals surface area (Å²) in [6.07, 6.45) is 0. The maximum absolute atomic E-state index is 12.2. The van der Waals surface area contributed by atoms with Gasteiger partial charge in [0.2, 0.25) is 5.91 Å². The Bertz CT molecular complexity index is 1010. The Balaban J connectivity index is 1.39. The number of thiazole rings is 1. The minimum absolute atomic E-state index is 0.0815. The van der Waals surface area contributed by atoms with Crippen molar-refractivity contribution in [3.05, 3.63) is 53.9 Å². The van der Waals surface area contributed by atoms with Crippen LogP contribution in [0.4, 0.5) is 5.69 Å². The largest absolute Gasteiger partial charge is 0.323 e. The van der Waals surface area contributed by atoms with Gasteiger partial charge < -0.3 is 5.32 Å². The SMILES string of the molecule is O=C(CSc1nc(-c2ccccc2)cs1)Nc1cccc2nsnc12. The highest BCUT2D eigenvalue weighted by Crippen LogP contribution is 2.28. The normalized spacial score (nSPS) is 10.9. The van der Waals surface area contributed by atoms with E-state index in [1.807, 2.05) is 53.9 Å². The third kappa shape index (κ3) is 3.71. The Morgan fingerprint density at radius 3 is 2.84 bits per heavy atom. The van der Waals surface area contributed by atoms with Crippen molar-refractivity contribution in [3.63, 3.8) is 0 Å². The van der Waals surface area contributed by atoms with Gasteiger partial charge in [0.1, 0.15) is 11.0 Å². The molecular formula is C17H12N4OS3. The fourth-order valence-corrected chi connectivity index (χ4v) is 4.47. The average molecular weight is 385 g/mol. The first-order valence-corrected chi connectivity index (χ1v) is 10.0. The molecule has 0 atom stereocenters. The lowest BCUT2D eigenvalue weighted by atomic mass is 10.2. The Kier molecular flexibility index (Phi) is 4.73. The van der Waals surface area contributed by atoms with Gasteiger partial charge in [-0.05, 0) is 12.1 Å². The molecule has 0 radical (unpaired) electrons. The molecule has 0 fully saturated rings. The molecule has 0 saturated carbocycles. The molecule has 4 rings (SSSR count). The number of hydrogen-bond donors (Lipinski definition) is 1. The van der Waals surface area contributed by atoms with Crippen LogP contribution in [0.1, 0.15) is 0 Å². The first-order valence-electron chi connectivity index (χ1n) is 7.44. The first-order chi connectivity index (χ1) is 12.3. The topological polar surface area (TPSA) is 67.8 Å². The molecule has 0 spiro atoms. The lowest BCUT2D eigenvalue weighted by Crippen LogP contribution is -2.14. The van der Waals surface area contributed by atoms with Crippen LogP contribution in [0.5, 0.6) is 0 Å². The smallest absolute Gasteiger partial charge is 0.234 e. The minimum Gasteiger partial charge on any atom is -0.323 e. The number of anilines is 1. The first kappa shape index (κ1) is 16.2. The summed E-state index contributed by atoms with van der Waals surface area (Å²) in [5.41, 5.74) is 4.24. The second-order valence-corrected chi connectivity index (χ2v) is 7.75. The van der Waals surface area contributed by atoms with E-state index >= 15 is 0 Å². The molecule has 0 aliphatic heterocycles. The zero-order valence-electron chi connectivity index (χ0n) is 12.9. The molecule has 8 heteroatoms. The number of nitrogens with zero attached hydrogens (tertiary/aromatic N) is 3. The Hall–Kier alpha value is -2.29. The van der Waals surface area contributed by atoms with Crippen molar-refractivity contribution in [2.45, 2.75) is 4.34 Å². The monoisotopic (exact) mass is 384 g/mol. The van der Waals surface area contributed by atoms with E-state index in [1.54, 1.807) is 11.3 Å². The number of amides is 1. The highest BCUT2D eigenvalue weighted by atomic mass is 32.2. The lowest BCUT2D eigenvalue weighted by Gasteiger charge is -2.04. The zero-order chi connectivity index (χ0) is 17.1. The van der Waals surface area contributed by atoms with Gasteiger partial charge in [-0.25, -0.2) is 4.98 Å². The number of carbonyl (C=O) groups is 1. The molecule has 0 aliphatic carbocycles. The van der Waals surface area contributed by atoms with Crippen LogP contribution in [0.15, 0.2) is 58.3 Å². The van der Waals surface area contributed by atoms with Crippen LogP contribution in [-0.2, 0) is 4.79 Å². The number of hydrogen-bond acceptors (Lipinski definition) is 7. The van der Waals surface area contributed by atoms with Gasteiger partial charge in [0.15, 0.2) is 4.34 Å². The lowest BCUT2D eigenvalue weighted by molar-refractivity contribution is -0.113. The predicted molar refractivity (Wildman–Crippen MR) is 104 cm³/mol. The van der Waals surface area contributed by atoms with Crippen LogP contribution in [0.25, 0.3) is 22.3 Å². The van der Waals surface area contributed by atoms with Gasteiger partial charge in [-0.15, -0.1) is 11.3 Å². The summed E-state index contributed by atoms with van der Waals surface area (Å²) in [5, 5.41) is 4.91. The van der Waals surface area contributed by atoms with E-state index in [0.29, 0.717) is 11.4 Å². The average Bonchev–Trinajstić information content (AvgIpc) is 3.31. The molecule has 2 aromatic heterocycles. The highest BCUT2D eigenvalue weighted by Gasteiger charge is 2.11. The fraction of sp³-hybridized carbons (Fsp3) is 0.0588. The number of nitrogens with one attached hydrogen (secondary N) is 1. The van der Waals surface area contributed by atoms with Crippen molar-refractivity contribution < 1.29 is 4.79 Å². The number of aromatic nitrogens is 3. The quantitative estimate of drug-likeness (QED) is 0.512.